The zero-order chi connectivity index (χ0) is 20.8. The molecule has 0 radical (unpaired) electrons. The van der Waals surface area contributed by atoms with Crippen molar-refractivity contribution in [2.24, 2.45) is 5.10 Å². The summed E-state index contributed by atoms with van der Waals surface area (Å²) in [5, 5.41) is 23.9. The van der Waals surface area contributed by atoms with Crippen LogP contribution in [0.1, 0.15) is 48.0 Å². The maximum atomic E-state index is 12.2. The van der Waals surface area contributed by atoms with E-state index in [9.17, 15) is 19.8 Å². The van der Waals surface area contributed by atoms with Gasteiger partial charge in [0, 0.05) is 6.54 Å². The van der Waals surface area contributed by atoms with Crippen molar-refractivity contribution in [3.8, 4) is 11.6 Å². The van der Waals surface area contributed by atoms with E-state index in [1.807, 2.05) is 0 Å². The number of phenolic OH excluding ortho intramolecular Hbond substituents is 1. The third-order valence-corrected chi connectivity index (χ3v) is 5.08. The molecule has 1 aromatic heterocycles. The number of nitrogens with zero attached hydrogens (tertiary/aromatic N) is 2. The normalized spacial score (nSPS) is 14.0. The molecule has 29 heavy (non-hydrogen) atoms. The number of hydrogen-bond acceptors (Lipinski definition) is 6. The minimum atomic E-state index is -0.646. The van der Waals surface area contributed by atoms with Crippen molar-refractivity contribution in [3.63, 3.8) is 0 Å². The molecule has 152 valence electrons. The van der Waals surface area contributed by atoms with Crippen LogP contribution in [0.15, 0.2) is 45.8 Å². The number of allylic oxidation sites excluding steroid dienone is 2. The van der Waals surface area contributed by atoms with Crippen molar-refractivity contribution >= 4 is 24.3 Å². The topological polar surface area (TPSA) is 120 Å². The van der Waals surface area contributed by atoms with Crippen molar-refractivity contribution in [2.75, 3.05) is 0 Å². The number of aromatic hydroxyl groups is 2. The van der Waals surface area contributed by atoms with E-state index in [0.717, 1.165) is 31.9 Å². The van der Waals surface area contributed by atoms with Crippen molar-refractivity contribution in [3.05, 3.63) is 62.2 Å². The van der Waals surface area contributed by atoms with Crippen LogP contribution < -0.4 is 11.0 Å². The first kappa shape index (κ1) is 20.5. The van der Waals surface area contributed by atoms with Gasteiger partial charge < -0.3 is 10.2 Å². The fraction of sp³-hybridized carbons (Fsp3) is 0.300. The third kappa shape index (κ3) is 5.00. The first-order valence-corrected chi connectivity index (χ1v) is 9.73. The van der Waals surface area contributed by atoms with Gasteiger partial charge >= 0.3 is 0 Å². The Bertz CT molecular complexity index is 1080. The van der Waals surface area contributed by atoms with Crippen molar-refractivity contribution in [2.45, 2.75) is 38.6 Å². The van der Waals surface area contributed by atoms with Gasteiger partial charge in [0.2, 0.25) is 5.88 Å². The highest BCUT2D eigenvalue weighted by atomic mass is 32.1. The van der Waals surface area contributed by atoms with E-state index >= 15 is 0 Å². The summed E-state index contributed by atoms with van der Waals surface area (Å²) in [5.74, 6) is -1.14. The van der Waals surface area contributed by atoms with Gasteiger partial charge in [-0.25, -0.2) is 5.43 Å². The lowest BCUT2D eigenvalue weighted by Gasteiger charge is -2.15. The molecule has 0 bridgehead atoms. The lowest BCUT2D eigenvalue weighted by molar-refractivity contribution is 0.0952. The number of amides is 1. The quantitative estimate of drug-likeness (QED) is 0.251. The summed E-state index contributed by atoms with van der Waals surface area (Å²) in [4.78, 5) is 26.7. The average Bonchev–Trinajstić information content (AvgIpc) is 2.71. The Morgan fingerprint density at radius 2 is 2.10 bits per heavy atom. The average molecular weight is 414 g/mol. The Labute approximate surface area is 172 Å². The van der Waals surface area contributed by atoms with E-state index in [1.165, 1.54) is 28.7 Å². The van der Waals surface area contributed by atoms with Gasteiger partial charge in [-0.05, 0) is 56.5 Å². The van der Waals surface area contributed by atoms with Gasteiger partial charge in [-0.2, -0.15) is 5.10 Å². The monoisotopic (exact) mass is 414 g/mol. The maximum absolute atomic E-state index is 12.2. The first-order chi connectivity index (χ1) is 14.0. The molecule has 0 fully saturated rings. The van der Waals surface area contributed by atoms with E-state index < -0.39 is 11.5 Å². The van der Waals surface area contributed by atoms with Gasteiger partial charge in [-0.1, -0.05) is 23.8 Å². The number of hydrogen-bond donors (Lipinski definition) is 4. The smallest absolute Gasteiger partial charge is 0.275 e. The van der Waals surface area contributed by atoms with Crippen molar-refractivity contribution < 1.29 is 15.0 Å². The fourth-order valence-corrected chi connectivity index (χ4v) is 3.44. The van der Waals surface area contributed by atoms with E-state index in [-0.39, 0.29) is 27.5 Å². The number of benzene rings is 1. The molecule has 4 N–H and O–H groups in total. The summed E-state index contributed by atoms with van der Waals surface area (Å²) in [6, 6.07) is 6.00. The second-order valence-corrected chi connectivity index (χ2v) is 7.11. The van der Waals surface area contributed by atoms with Crippen LogP contribution in [0.3, 0.4) is 0 Å². The number of nitrogens with one attached hydrogen (secondary N) is 2. The Hall–Kier alpha value is -3.20. The molecule has 1 aliphatic rings. The Kier molecular flexibility index (Phi) is 6.61. The van der Waals surface area contributed by atoms with Crippen LogP contribution in [0.2, 0.25) is 0 Å². The van der Waals surface area contributed by atoms with Gasteiger partial charge in [-0.15, -0.1) is 0 Å². The van der Waals surface area contributed by atoms with E-state index in [0.29, 0.717) is 6.54 Å². The standard InChI is InChI=1S/C20H22N4O4S/c25-16-9-5-4-8-14(16)18(27)23-21-12-15-17(26)22-20(29)24(19(15)28)11-10-13-6-2-1-3-7-13/h4-6,8-9,12,25,28H,1-3,7,10-11H2,(H,23,27)(H,22,26,29). The molecule has 0 spiro atoms. The Balaban J connectivity index is 1.76. The highest BCUT2D eigenvalue weighted by molar-refractivity contribution is 7.71. The Morgan fingerprint density at radius 3 is 2.83 bits per heavy atom. The molecule has 2 aromatic rings. The van der Waals surface area contributed by atoms with Gasteiger partial charge in [0.05, 0.1) is 11.8 Å². The lowest BCUT2D eigenvalue weighted by Crippen LogP contribution is -2.21. The highest BCUT2D eigenvalue weighted by Gasteiger charge is 2.13. The van der Waals surface area contributed by atoms with Crippen LogP contribution in [0.25, 0.3) is 0 Å². The Morgan fingerprint density at radius 1 is 1.31 bits per heavy atom. The summed E-state index contributed by atoms with van der Waals surface area (Å²) in [6.45, 7) is 0.429. The molecular formula is C20H22N4O4S. The minimum Gasteiger partial charge on any atom is -0.507 e. The van der Waals surface area contributed by atoms with E-state index in [2.05, 4.69) is 21.6 Å². The maximum Gasteiger partial charge on any atom is 0.275 e. The summed E-state index contributed by atoms with van der Waals surface area (Å²) < 4.78 is 1.57. The molecule has 0 saturated heterocycles. The van der Waals surface area contributed by atoms with Crippen molar-refractivity contribution in [1.82, 2.24) is 15.0 Å². The number of rotatable bonds is 6. The van der Waals surface area contributed by atoms with Gasteiger partial charge in [-0.3, -0.25) is 19.1 Å². The fourth-order valence-electron chi connectivity index (χ4n) is 3.17. The lowest BCUT2D eigenvalue weighted by atomic mass is 9.97. The molecule has 0 unspecified atom stereocenters. The number of hydrazone groups is 1. The molecule has 1 aliphatic carbocycles. The number of phenols is 1. The molecule has 9 heteroatoms. The van der Waals surface area contributed by atoms with Crippen LogP contribution in [-0.2, 0) is 6.54 Å². The summed E-state index contributed by atoms with van der Waals surface area (Å²) in [5.41, 5.74) is 2.85. The summed E-state index contributed by atoms with van der Waals surface area (Å²) in [7, 11) is 0. The molecule has 1 aromatic carbocycles. The number of carbonyl (C=O) groups is 1. The first-order valence-electron chi connectivity index (χ1n) is 9.32. The number of H-pyrrole nitrogens is 1. The molecule has 1 heterocycles. The second kappa shape index (κ2) is 9.33. The highest BCUT2D eigenvalue weighted by Crippen LogP contribution is 2.22. The molecule has 0 saturated carbocycles. The zero-order valence-corrected chi connectivity index (χ0v) is 16.5. The van der Waals surface area contributed by atoms with E-state index in [4.69, 9.17) is 12.2 Å². The van der Waals surface area contributed by atoms with Gasteiger partial charge in [0.25, 0.3) is 11.5 Å². The van der Waals surface area contributed by atoms with E-state index in [1.54, 1.807) is 12.1 Å². The third-order valence-electron chi connectivity index (χ3n) is 4.76. The zero-order valence-electron chi connectivity index (χ0n) is 15.7. The van der Waals surface area contributed by atoms with Crippen LogP contribution in [0.5, 0.6) is 11.6 Å². The van der Waals surface area contributed by atoms with Crippen LogP contribution in [-0.4, -0.2) is 31.9 Å². The SMILES string of the molecule is O=C(NN=Cc1c(O)n(CCC2=CCCCC2)c(=S)[nH]c1=O)c1ccccc1O. The second-order valence-electron chi connectivity index (χ2n) is 6.72. The molecule has 1 amide bonds. The molecule has 8 nitrogen and oxygen atoms in total. The van der Waals surface area contributed by atoms with Crippen LogP contribution in [0, 0.1) is 4.77 Å². The molecule has 0 atom stereocenters. The number of para-hydroxylation sites is 1. The largest absolute Gasteiger partial charge is 0.507 e. The predicted molar refractivity (Wildman–Crippen MR) is 112 cm³/mol. The van der Waals surface area contributed by atoms with Crippen LogP contribution in [0.4, 0.5) is 0 Å². The summed E-state index contributed by atoms with van der Waals surface area (Å²) >= 11 is 5.17. The number of aromatic amines is 1. The molecule has 0 aliphatic heterocycles. The predicted octanol–water partition coefficient (Wildman–Crippen LogP) is 2.97. The minimum absolute atomic E-state index is 0.0412. The molecular weight excluding hydrogens is 392 g/mol. The number of carbonyl (C=O) groups excluding carboxylic acids is 1. The van der Waals surface area contributed by atoms with Gasteiger partial charge in [0.1, 0.15) is 11.3 Å². The van der Waals surface area contributed by atoms with Gasteiger partial charge in [0.15, 0.2) is 4.77 Å². The van der Waals surface area contributed by atoms with Crippen molar-refractivity contribution in [1.29, 1.82) is 0 Å². The summed E-state index contributed by atoms with van der Waals surface area (Å²) in [6.07, 6.45) is 8.44. The molecule has 3 rings (SSSR count). The number of aromatic nitrogens is 2. The van der Waals surface area contributed by atoms with Crippen LogP contribution >= 0.6 is 12.2 Å².